The first-order valence-corrected chi connectivity index (χ1v) is 7.46. The normalized spacial score (nSPS) is 11.0. The Bertz CT molecular complexity index is 450. The van der Waals surface area contributed by atoms with Gasteiger partial charge in [0.25, 0.3) is 0 Å². The fourth-order valence-corrected chi connectivity index (χ4v) is 4.42. The van der Waals surface area contributed by atoms with E-state index in [4.69, 9.17) is 0 Å². The lowest BCUT2D eigenvalue weighted by atomic mass is 10.2. The van der Waals surface area contributed by atoms with E-state index in [1.165, 1.54) is 23.0 Å². The van der Waals surface area contributed by atoms with Crippen molar-refractivity contribution in [3.63, 3.8) is 0 Å². The second-order valence-corrected chi connectivity index (χ2v) is 6.83. The number of fused-ring (bicyclic) bond motifs is 1. The van der Waals surface area contributed by atoms with E-state index in [-0.39, 0.29) is 0 Å². The zero-order chi connectivity index (χ0) is 9.42. The van der Waals surface area contributed by atoms with Crippen LogP contribution in [-0.2, 0) is 5.33 Å². The van der Waals surface area contributed by atoms with E-state index in [9.17, 15) is 0 Å². The second-order valence-electron chi connectivity index (χ2n) is 2.61. The molecule has 1 aromatic heterocycles. The topological polar surface area (TPSA) is 0 Å². The molecule has 68 valence electrons. The van der Waals surface area contributed by atoms with Gasteiger partial charge >= 0.3 is 0 Å². The second kappa shape index (κ2) is 4.16. The van der Waals surface area contributed by atoms with E-state index >= 15 is 0 Å². The summed E-state index contributed by atoms with van der Waals surface area (Å²) in [6, 6.07) is 6.43. The third-order valence-electron chi connectivity index (χ3n) is 1.85. The summed E-state index contributed by atoms with van der Waals surface area (Å²) in [7, 11) is 0. The number of thiophene rings is 1. The van der Waals surface area contributed by atoms with E-state index in [2.05, 4.69) is 72.6 Å². The highest BCUT2D eigenvalue weighted by atomic mass is 127. The van der Waals surface area contributed by atoms with E-state index in [0.717, 1.165) is 5.33 Å². The van der Waals surface area contributed by atoms with Gasteiger partial charge in [-0.1, -0.05) is 28.1 Å². The summed E-state index contributed by atoms with van der Waals surface area (Å²) in [5.41, 5.74) is 1.35. The van der Waals surface area contributed by atoms with E-state index in [1.807, 2.05) is 11.3 Å². The molecule has 0 aliphatic carbocycles. The van der Waals surface area contributed by atoms with Gasteiger partial charge in [-0.15, -0.1) is 11.3 Å². The molecule has 0 fully saturated rings. The van der Waals surface area contributed by atoms with E-state index in [0.29, 0.717) is 0 Å². The van der Waals surface area contributed by atoms with Crippen LogP contribution in [0.3, 0.4) is 0 Å². The molecule has 0 unspecified atom stereocenters. The summed E-state index contributed by atoms with van der Waals surface area (Å²) in [4.78, 5) is 0. The summed E-state index contributed by atoms with van der Waals surface area (Å²) >= 11 is 11.3. The van der Waals surface area contributed by atoms with Crippen LogP contribution in [0.2, 0.25) is 0 Å². The average Bonchev–Trinajstić information content (AvgIpc) is 2.43. The maximum absolute atomic E-state index is 3.62. The van der Waals surface area contributed by atoms with Crippen molar-refractivity contribution >= 4 is 75.9 Å². The Morgan fingerprint density at radius 2 is 2.15 bits per heavy atom. The Morgan fingerprint density at radius 3 is 2.85 bits per heavy atom. The van der Waals surface area contributed by atoms with Crippen LogP contribution in [0.1, 0.15) is 5.56 Å². The predicted molar refractivity (Wildman–Crippen MR) is 74.9 cm³/mol. The largest absolute Gasteiger partial charge is 0.128 e. The zero-order valence-corrected chi connectivity index (χ0v) is 12.6. The molecular formula is C9H5Br2IS. The molecule has 0 atom stereocenters. The lowest BCUT2D eigenvalue weighted by Gasteiger charge is -1.98. The number of hydrogen-bond donors (Lipinski definition) is 0. The molecule has 0 aliphatic heterocycles. The lowest BCUT2D eigenvalue weighted by molar-refractivity contribution is 1.50. The van der Waals surface area contributed by atoms with E-state index in [1.54, 1.807) is 0 Å². The molecular weight excluding hydrogens is 427 g/mol. The Kier molecular flexibility index (Phi) is 3.33. The monoisotopic (exact) mass is 430 g/mol. The molecule has 1 heterocycles. The van der Waals surface area contributed by atoms with E-state index < -0.39 is 0 Å². The highest BCUT2D eigenvalue weighted by Gasteiger charge is 2.10. The van der Waals surface area contributed by atoms with Crippen LogP contribution < -0.4 is 0 Å². The fourth-order valence-electron chi connectivity index (χ4n) is 1.26. The SMILES string of the molecule is BrCc1cccc2sc(I)c(Br)c12. The fraction of sp³-hybridized carbons (Fsp3) is 0.111. The van der Waals surface area contributed by atoms with Crippen molar-refractivity contribution in [1.29, 1.82) is 0 Å². The van der Waals surface area contributed by atoms with Gasteiger partial charge in [-0.2, -0.15) is 0 Å². The van der Waals surface area contributed by atoms with Gasteiger partial charge in [0.15, 0.2) is 0 Å². The van der Waals surface area contributed by atoms with Crippen LogP contribution in [0, 0.1) is 2.88 Å². The molecule has 0 spiro atoms. The first kappa shape index (κ1) is 10.4. The third kappa shape index (κ3) is 1.82. The zero-order valence-electron chi connectivity index (χ0n) is 6.48. The molecule has 13 heavy (non-hydrogen) atoms. The molecule has 0 aliphatic rings. The van der Waals surface area contributed by atoms with Crippen molar-refractivity contribution in [3.05, 3.63) is 31.1 Å². The van der Waals surface area contributed by atoms with Crippen molar-refractivity contribution < 1.29 is 0 Å². The maximum Gasteiger partial charge on any atom is 0.0808 e. The first-order valence-electron chi connectivity index (χ1n) is 3.65. The molecule has 0 saturated heterocycles. The van der Waals surface area contributed by atoms with Crippen molar-refractivity contribution in [1.82, 2.24) is 0 Å². The minimum atomic E-state index is 0.912. The Balaban J connectivity index is 2.87. The minimum absolute atomic E-state index is 0.912. The van der Waals surface area contributed by atoms with Gasteiger partial charge in [0.1, 0.15) is 0 Å². The summed E-state index contributed by atoms with van der Waals surface area (Å²) < 4.78 is 3.91. The number of alkyl halides is 1. The summed E-state index contributed by atoms with van der Waals surface area (Å²) in [6.45, 7) is 0. The van der Waals surface area contributed by atoms with Crippen LogP contribution in [0.15, 0.2) is 22.7 Å². The van der Waals surface area contributed by atoms with Crippen molar-refractivity contribution in [2.24, 2.45) is 0 Å². The maximum atomic E-state index is 3.62. The molecule has 4 heteroatoms. The molecule has 0 bridgehead atoms. The van der Waals surface area contributed by atoms with Gasteiger partial charge in [-0.25, -0.2) is 0 Å². The lowest BCUT2D eigenvalue weighted by Crippen LogP contribution is -1.77. The Hall–Kier alpha value is 0.870. The highest BCUT2D eigenvalue weighted by molar-refractivity contribution is 14.1. The molecule has 1 aromatic carbocycles. The van der Waals surface area contributed by atoms with Crippen LogP contribution in [0.25, 0.3) is 10.1 Å². The minimum Gasteiger partial charge on any atom is -0.128 e. The molecule has 0 radical (unpaired) electrons. The van der Waals surface area contributed by atoms with Gasteiger partial charge in [0, 0.05) is 19.9 Å². The summed E-state index contributed by atoms with van der Waals surface area (Å²) in [6.07, 6.45) is 0. The Labute approximate surface area is 111 Å². The number of hydrogen-bond acceptors (Lipinski definition) is 1. The molecule has 2 aromatic rings. The van der Waals surface area contributed by atoms with Gasteiger partial charge in [0.2, 0.25) is 0 Å². The quantitative estimate of drug-likeness (QED) is 0.432. The molecule has 2 rings (SSSR count). The van der Waals surface area contributed by atoms with Gasteiger partial charge in [-0.3, -0.25) is 0 Å². The summed E-state index contributed by atoms with van der Waals surface area (Å²) in [5, 5.41) is 2.27. The van der Waals surface area contributed by atoms with Crippen molar-refractivity contribution in [2.45, 2.75) is 5.33 Å². The Morgan fingerprint density at radius 1 is 1.38 bits per heavy atom. The molecule has 0 N–H and O–H groups in total. The number of halogens is 3. The van der Waals surface area contributed by atoms with Gasteiger partial charge in [0.05, 0.1) is 2.88 Å². The molecule has 0 amide bonds. The van der Waals surface area contributed by atoms with Crippen LogP contribution in [-0.4, -0.2) is 0 Å². The van der Waals surface area contributed by atoms with Crippen molar-refractivity contribution in [3.8, 4) is 0 Å². The molecule has 0 saturated carbocycles. The average molecular weight is 432 g/mol. The van der Waals surface area contributed by atoms with Crippen LogP contribution in [0.4, 0.5) is 0 Å². The van der Waals surface area contributed by atoms with Gasteiger partial charge in [-0.05, 0) is 50.2 Å². The van der Waals surface area contributed by atoms with Crippen molar-refractivity contribution in [2.75, 3.05) is 0 Å². The van der Waals surface area contributed by atoms with Gasteiger partial charge < -0.3 is 0 Å². The smallest absolute Gasteiger partial charge is 0.0808 e. The standard InChI is InChI=1S/C9H5Br2IS/c10-4-5-2-1-3-6-7(5)8(11)9(12)13-6/h1-3H,4H2. The number of rotatable bonds is 1. The predicted octanol–water partition coefficient (Wildman–Crippen LogP) is 5.16. The highest BCUT2D eigenvalue weighted by Crippen LogP contribution is 2.38. The molecule has 0 nitrogen and oxygen atoms in total. The summed E-state index contributed by atoms with van der Waals surface area (Å²) in [5.74, 6) is 0. The first-order chi connectivity index (χ1) is 6.24. The van der Waals surface area contributed by atoms with Crippen LogP contribution >= 0.6 is 65.8 Å². The third-order valence-corrected chi connectivity index (χ3v) is 6.39. The number of benzene rings is 1. The van der Waals surface area contributed by atoms with Crippen LogP contribution in [0.5, 0.6) is 0 Å².